The van der Waals surface area contributed by atoms with Gasteiger partial charge in [-0.3, -0.25) is 14.5 Å². The van der Waals surface area contributed by atoms with E-state index >= 15 is 0 Å². The minimum Gasteiger partial charge on any atom is -0.480 e. The van der Waals surface area contributed by atoms with Gasteiger partial charge in [0.15, 0.2) is 0 Å². The molecule has 11 heteroatoms. The molecular formula is C29H38N6O4S. The number of fused-ring (bicyclic) bond motifs is 1. The molecule has 1 saturated heterocycles. The fourth-order valence-corrected chi connectivity index (χ4v) is 5.81. The molecule has 2 aromatic carbocycles. The number of benzene rings is 2. The van der Waals surface area contributed by atoms with Crippen molar-refractivity contribution in [2.75, 3.05) is 31.6 Å². The van der Waals surface area contributed by atoms with Gasteiger partial charge in [-0.1, -0.05) is 42.5 Å². The lowest BCUT2D eigenvalue weighted by Gasteiger charge is -2.32. The first kappa shape index (κ1) is 29.6. The van der Waals surface area contributed by atoms with Crippen LogP contribution < -0.4 is 11.1 Å². The number of carbonyl (C=O) groups is 3. The summed E-state index contributed by atoms with van der Waals surface area (Å²) in [5.74, 6) is -0.876. The Morgan fingerprint density at radius 2 is 2.05 bits per heavy atom. The molecule has 0 aliphatic carbocycles. The van der Waals surface area contributed by atoms with Crippen molar-refractivity contribution in [1.29, 1.82) is 0 Å². The molecule has 0 bridgehead atoms. The van der Waals surface area contributed by atoms with E-state index in [2.05, 4.69) is 33.5 Å². The van der Waals surface area contributed by atoms with E-state index in [0.717, 1.165) is 34.9 Å². The second kappa shape index (κ2) is 14.3. The number of nitrogens with two attached hydrogens (primary N) is 1. The van der Waals surface area contributed by atoms with Crippen molar-refractivity contribution in [2.24, 2.45) is 5.73 Å². The number of nitrogens with zero attached hydrogens (tertiary/aromatic N) is 3. The van der Waals surface area contributed by atoms with Gasteiger partial charge in [-0.05, 0) is 47.6 Å². The van der Waals surface area contributed by atoms with E-state index in [1.165, 1.54) is 0 Å². The number of hydrogen-bond acceptors (Lipinski definition) is 7. The lowest BCUT2D eigenvalue weighted by atomic mass is 10.0. The van der Waals surface area contributed by atoms with Crippen molar-refractivity contribution in [1.82, 2.24) is 25.1 Å². The molecule has 2 heterocycles. The van der Waals surface area contributed by atoms with Gasteiger partial charge in [-0.2, -0.15) is 11.8 Å². The maximum atomic E-state index is 13.3. The van der Waals surface area contributed by atoms with E-state index in [0.29, 0.717) is 38.2 Å². The van der Waals surface area contributed by atoms with Crippen LogP contribution in [-0.4, -0.2) is 92.4 Å². The number of rotatable bonds is 14. The van der Waals surface area contributed by atoms with Gasteiger partial charge >= 0.3 is 5.97 Å². The molecule has 214 valence electrons. The SMILES string of the molecule is CSCCC(NC(=O)CN(Cc1cccc2ccccc12)C[C@@H]1CCCN1C(=O)[C@@H](N)Cc1c[nH]cn1)C(=O)O. The van der Waals surface area contributed by atoms with Crippen LogP contribution in [0.4, 0.5) is 0 Å². The maximum Gasteiger partial charge on any atom is 0.326 e. The molecule has 5 N–H and O–H groups in total. The zero-order chi connectivity index (χ0) is 28.5. The van der Waals surface area contributed by atoms with Crippen LogP contribution in [0.1, 0.15) is 30.5 Å². The summed E-state index contributed by atoms with van der Waals surface area (Å²) in [6.07, 6.45) is 7.57. The number of carboxylic acids is 1. The van der Waals surface area contributed by atoms with Crippen LogP contribution in [0, 0.1) is 0 Å². The molecule has 3 atom stereocenters. The van der Waals surface area contributed by atoms with Crippen LogP contribution in [0.2, 0.25) is 0 Å². The van der Waals surface area contributed by atoms with Crippen molar-refractivity contribution in [3.8, 4) is 0 Å². The summed E-state index contributed by atoms with van der Waals surface area (Å²) in [6.45, 7) is 1.58. The summed E-state index contributed by atoms with van der Waals surface area (Å²) < 4.78 is 0. The molecule has 1 unspecified atom stereocenters. The van der Waals surface area contributed by atoms with E-state index in [9.17, 15) is 19.5 Å². The first-order valence-corrected chi connectivity index (χ1v) is 15.0. The van der Waals surface area contributed by atoms with Gasteiger partial charge in [-0.25, -0.2) is 9.78 Å². The number of likely N-dealkylation sites (tertiary alicyclic amines) is 1. The number of H-pyrrole nitrogens is 1. The number of hydrogen-bond donors (Lipinski definition) is 4. The number of amides is 2. The fourth-order valence-electron chi connectivity index (χ4n) is 5.33. The molecule has 0 radical (unpaired) electrons. The molecule has 3 aromatic rings. The predicted molar refractivity (Wildman–Crippen MR) is 157 cm³/mol. The number of thioether (sulfide) groups is 1. The number of nitrogens with one attached hydrogen (secondary N) is 2. The van der Waals surface area contributed by atoms with Gasteiger partial charge in [0, 0.05) is 38.3 Å². The Balaban J connectivity index is 1.51. The van der Waals surface area contributed by atoms with Crippen LogP contribution in [0.15, 0.2) is 55.0 Å². The zero-order valence-corrected chi connectivity index (χ0v) is 23.6. The summed E-state index contributed by atoms with van der Waals surface area (Å²) in [5.41, 5.74) is 8.09. The lowest BCUT2D eigenvalue weighted by molar-refractivity contribution is -0.142. The Morgan fingerprint density at radius 1 is 1.25 bits per heavy atom. The van der Waals surface area contributed by atoms with Gasteiger partial charge in [0.1, 0.15) is 6.04 Å². The van der Waals surface area contributed by atoms with Crippen molar-refractivity contribution in [2.45, 2.75) is 50.4 Å². The Morgan fingerprint density at radius 3 is 2.80 bits per heavy atom. The highest BCUT2D eigenvalue weighted by Gasteiger charge is 2.33. The van der Waals surface area contributed by atoms with E-state index < -0.39 is 18.1 Å². The van der Waals surface area contributed by atoms with Gasteiger partial charge in [0.05, 0.1) is 24.6 Å². The van der Waals surface area contributed by atoms with Crippen molar-refractivity contribution in [3.63, 3.8) is 0 Å². The molecule has 0 saturated carbocycles. The number of aliphatic carboxylic acids is 1. The van der Waals surface area contributed by atoms with Crippen LogP contribution in [0.3, 0.4) is 0 Å². The maximum absolute atomic E-state index is 13.3. The first-order chi connectivity index (χ1) is 19.4. The largest absolute Gasteiger partial charge is 0.480 e. The molecule has 0 spiro atoms. The van der Waals surface area contributed by atoms with Gasteiger partial charge in [0.2, 0.25) is 11.8 Å². The van der Waals surface area contributed by atoms with Gasteiger partial charge < -0.3 is 26.0 Å². The van der Waals surface area contributed by atoms with Crippen LogP contribution in [0.25, 0.3) is 10.8 Å². The molecule has 1 aliphatic rings. The average Bonchev–Trinajstić information content (AvgIpc) is 3.63. The monoisotopic (exact) mass is 566 g/mol. The number of aromatic nitrogens is 2. The topological polar surface area (TPSA) is 145 Å². The Bertz CT molecular complexity index is 1280. The minimum atomic E-state index is -1.04. The van der Waals surface area contributed by atoms with E-state index in [1.807, 2.05) is 40.3 Å². The standard InChI is InChI=1S/C29H38N6O4S/c1-40-13-11-26(29(38)39)33-27(36)18-34(16-21-8-4-7-20-6-2-3-10-24(20)21)17-23-9-5-12-35(23)28(37)25(30)14-22-15-31-19-32-22/h2-4,6-8,10,15,19,23,25-26H,5,9,11-14,16-18,30H2,1H3,(H,31,32)(H,33,36)(H,38,39)/t23-,25-,26?/m0/s1. The summed E-state index contributed by atoms with van der Waals surface area (Å²) in [6, 6.07) is 12.4. The van der Waals surface area contributed by atoms with Crippen LogP contribution in [0.5, 0.6) is 0 Å². The molecule has 40 heavy (non-hydrogen) atoms. The third-order valence-corrected chi connectivity index (χ3v) is 7.96. The summed E-state index contributed by atoms with van der Waals surface area (Å²) in [5, 5.41) is 14.5. The number of imidazole rings is 1. The van der Waals surface area contributed by atoms with Crippen molar-refractivity contribution < 1.29 is 19.5 Å². The summed E-state index contributed by atoms with van der Waals surface area (Å²) in [4.78, 5) is 49.1. The first-order valence-electron chi connectivity index (χ1n) is 13.6. The van der Waals surface area contributed by atoms with E-state index in [-0.39, 0.29) is 24.4 Å². The van der Waals surface area contributed by atoms with E-state index in [1.54, 1.807) is 24.3 Å². The highest BCUT2D eigenvalue weighted by Crippen LogP contribution is 2.23. The molecule has 2 amide bonds. The van der Waals surface area contributed by atoms with Gasteiger partial charge in [-0.15, -0.1) is 0 Å². The zero-order valence-electron chi connectivity index (χ0n) is 22.8. The van der Waals surface area contributed by atoms with Gasteiger partial charge in [0.25, 0.3) is 0 Å². The normalized spacial score (nSPS) is 16.8. The molecule has 4 rings (SSSR count). The highest BCUT2D eigenvalue weighted by molar-refractivity contribution is 7.98. The third-order valence-electron chi connectivity index (χ3n) is 7.32. The fraction of sp³-hybridized carbons (Fsp3) is 0.448. The van der Waals surface area contributed by atoms with Crippen LogP contribution in [-0.2, 0) is 27.3 Å². The molecule has 10 nitrogen and oxygen atoms in total. The van der Waals surface area contributed by atoms with E-state index in [4.69, 9.17) is 5.73 Å². The second-order valence-electron chi connectivity index (χ2n) is 10.2. The Hall–Kier alpha value is -3.41. The summed E-state index contributed by atoms with van der Waals surface area (Å²) >= 11 is 1.54. The van der Waals surface area contributed by atoms with Crippen LogP contribution >= 0.6 is 11.8 Å². The molecule has 1 aromatic heterocycles. The molecular weight excluding hydrogens is 528 g/mol. The molecule has 1 fully saturated rings. The molecule has 1 aliphatic heterocycles. The smallest absolute Gasteiger partial charge is 0.326 e. The summed E-state index contributed by atoms with van der Waals surface area (Å²) in [7, 11) is 0. The number of aromatic amines is 1. The predicted octanol–water partition coefficient (Wildman–Crippen LogP) is 2.25. The van der Waals surface area contributed by atoms with Crippen molar-refractivity contribution in [3.05, 3.63) is 66.2 Å². The second-order valence-corrected chi connectivity index (χ2v) is 11.2. The number of carbonyl (C=O) groups excluding carboxylic acids is 2. The highest BCUT2D eigenvalue weighted by atomic mass is 32.2. The Kier molecular flexibility index (Phi) is 10.6. The third kappa shape index (κ3) is 7.83. The average molecular weight is 567 g/mol. The van der Waals surface area contributed by atoms with Crippen molar-refractivity contribution >= 4 is 40.3 Å². The lowest BCUT2D eigenvalue weighted by Crippen LogP contribution is -2.51. The number of carboxylic acid groups (broad SMARTS) is 1. The Labute approximate surface area is 238 Å². The quantitative estimate of drug-likeness (QED) is 0.233. The minimum absolute atomic E-state index is 0.0180.